The van der Waals surface area contributed by atoms with Crippen molar-refractivity contribution in [3.8, 4) is 5.75 Å². The first kappa shape index (κ1) is 19.8. The SMILES string of the molecule is CN=C(NCCCCn1ccnc1C)NCCc1cc(C)ccc1OC. The number of aryl methyl sites for hydroxylation is 3. The summed E-state index contributed by atoms with van der Waals surface area (Å²) in [6, 6.07) is 6.27. The van der Waals surface area contributed by atoms with Gasteiger partial charge in [0.05, 0.1) is 7.11 Å². The minimum atomic E-state index is 0.813. The van der Waals surface area contributed by atoms with Crippen LogP contribution in [0.5, 0.6) is 5.75 Å². The standard InChI is InChI=1S/C20H31N5O/c1-16-7-8-19(26-4)18(15-16)9-11-24-20(21-3)23-10-5-6-13-25-14-12-22-17(25)2/h7-8,12,14-15H,5-6,9-11,13H2,1-4H3,(H2,21,23,24). The Labute approximate surface area is 156 Å². The molecule has 2 N–H and O–H groups in total. The lowest BCUT2D eigenvalue weighted by atomic mass is 10.1. The molecule has 2 rings (SSSR count). The molecule has 6 heteroatoms. The molecular formula is C20H31N5O. The number of methoxy groups -OCH3 is 1. The highest BCUT2D eigenvalue weighted by Gasteiger charge is 2.04. The second-order valence-corrected chi connectivity index (χ2v) is 6.37. The van der Waals surface area contributed by atoms with Gasteiger partial charge in [0.25, 0.3) is 0 Å². The quantitative estimate of drug-likeness (QED) is 0.411. The first-order chi connectivity index (χ1) is 12.6. The number of nitrogens with one attached hydrogen (secondary N) is 2. The van der Waals surface area contributed by atoms with E-state index in [-0.39, 0.29) is 0 Å². The van der Waals surface area contributed by atoms with E-state index in [9.17, 15) is 0 Å². The number of nitrogens with zero attached hydrogens (tertiary/aromatic N) is 3. The Morgan fingerprint density at radius 2 is 2.00 bits per heavy atom. The van der Waals surface area contributed by atoms with Gasteiger partial charge >= 0.3 is 0 Å². The highest BCUT2D eigenvalue weighted by molar-refractivity contribution is 5.79. The molecule has 0 unspecified atom stereocenters. The number of ether oxygens (including phenoxy) is 1. The topological polar surface area (TPSA) is 63.5 Å². The molecule has 0 aliphatic carbocycles. The molecule has 0 atom stereocenters. The third-order valence-electron chi connectivity index (χ3n) is 4.39. The van der Waals surface area contributed by atoms with Crippen LogP contribution in [0.1, 0.15) is 29.8 Å². The molecule has 0 amide bonds. The number of hydrogen-bond donors (Lipinski definition) is 2. The Hall–Kier alpha value is -2.50. The first-order valence-electron chi connectivity index (χ1n) is 9.20. The number of guanidine groups is 1. The molecule has 0 bridgehead atoms. The van der Waals surface area contributed by atoms with Crippen molar-refractivity contribution in [2.24, 2.45) is 4.99 Å². The third kappa shape index (κ3) is 6.10. The minimum Gasteiger partial charge on any atom is -0.496 e. The Kier molecular flexibility index (Phi) is 7.99. The number of aromatic nitrogens is 2. The molecule has 1 heterocycles. The monoisotopic (exact) mass is 357 g/mol. The molecule has 0 fully saturated rings. The van der Waals surface area contributed by atoms with Crippen LogP contribution in [0.15, 0.2) is 35.6 Å². The fourth-order valence-electron chi connectivity index (χ4n) is 2.89. The lowest BCUT2D eigenvalue weighted by Gasteiger charge is -2.13. The molecule has 6 nitrogen and oxygen atoms in total. The van der Waals surface area contributed by atoms with Crippen LogP contribution in [0.3, 0.4) is 0 Å². The normalized spacial score (nSPS) is 11.5. The van der Waals surface area contributed by atoms with Gasteiger partial charge in [0.2, 0.25) is 0 Å². The summed E-state index contributed by atoms with van der Waals surface area (Å²) < 4.78 is 7.62. The average molecular weight is 358 g/mol. The van der Waals surface area contributed by atoms with Gasteiger partial charge in [0, 0.05) is 39.1 Å². The second kappa shape index (κ2) is 10.5. The van der Waals surface area contributed by atoms with Crippen molar-refractivity contribution in [2.75, 3.05) is 27.2 Å². The van der Waals surface area contributed by atoms with E-state index in [0.29, 0.717) is 0 Å². The summed E-state index contributed by atoms with van der Waals surface area (Å²) in [6.07, 6.45) is 6.97. The van der Waals surface area contributed by atoms with Crippen LogP contribution in [0, 0.1) is 13.8 Å². The maximum absolute atomic E-state index is 5.43. The molecule has 2 aromatic rings. The first-order valence-corrected chi connectivity index (χ1v) is 9.20. The molecule has 0 saturated carbocycles. The number of hydrogen-bond acceptors (Lipinski definition) is 3. The molecule has 0 aliphatic rings. The van der Waals surface area contributed by atoms with E-state index in [0.717, 1.165) is 56.4 Å². The maximum Gasteiger partial charge on any atom is 0.190 e. The van der Waals surface area contributed by atoms with Gasteiger partial charge < -0.3 is 19.9 Å². The van der Waals surface area contributed by atoms with Gasteiger partial charge in [0.15, 0.2) is 5.96 Å². The van der Waals surface area contributed by atoms with Gasteiger partial charge in [-0.25, -0.2) is 4.98 Å². The molecule has 0 saturated heterocycles. The number of benzene rings is 1. The highest BCUT2D eigenvalue weighted by atomic mass is 16.5. The molecule has 26 heavy (non-hydrogen) atoms. The van der Waals surface area contributed by atoms with Crippen LogP contribution in [0.2, 0.25) is 0 Å². The van der Waals surface area contributed by atoms with E-state index in [1.54, 1.807) is 14.2 Å². The van der Waals surface area contributed by atoms with Gasteiger partial charge in [-0.2, -0.15) is 0 Å². The summed E-state index contributed by atoms with van der Waals surface area (Å²) in [4.78, 5) is 8.53. The summed E-state index contributed by atoms with van der Waals surface area (Å²) >= 11 is 0. The van der Waals surface area contributed by atoms with Crippen LogP contribution in [-0.4, -0.2) is 42.8 Å². The van der Waals surface area contributed by atoms with Crippen LogP contribution in [0.25, 0.3) is 0 Å². The number of imidazole rings is 1. The van der Waals surface area contributed by atoms with Gasteiger partial charge in [-0.3, -0.25) is 4.99 Å². The lowest BCUT2D eigenvalue weighted by molar-refractivity contribution is 0.409. The Bertz CT molecular complexity index is 708. The second-order valence-electron chi connectivity index (χ2n) is 6.37. The van der Waals surface area contributed by atoms with Crippen LogP contribution in [0.4, 0.5) is 0 Å². The molecule has 0 radical (unpaired) electrons. The van der Waals surface area contributed by atoms with Crippen molar-refractivity contribution in [1.82, 2.24) is 20.2 Å². The Morgan fingerprint density at radius 1 is 1.19 bits per heavy atom. The zero-order valence-electron chi connectivity index (χ0n) is 16.4. The van der Waals surface area contributed by atoms with Crippen molar-refractivity contribution in [2.45, 2.75) is 39.7 Å². The van der Waals surface area contributed by atoms with Crippen LogP contribution >= 0.6 is 0 Å². The number of aliphatic imine (C=N–C) groups is 1. The maximum atomic E-state index is 5.43. The highest BCUT2D eigenvalue weighted by Crippen LogP contribution is 2.19. The predicted octanol–water partition coefficient (Wildman–Crippen LogP) is 2.70. The van der Waals surface area contributed by atoms with Gasteiger partial charge in [0.1, 0.15) is 11.6 Å². The van der Waals surface area contributed by atoms with E-state index >= 15 is 0 Å². The van der Waals surface area contributed by atoms with E-state index in [1.807, 2.05) is 25.4 Å². The lowest BCUT2D eigenvalue weighted by Crippen LogP contribution is -2.38. The molecular weight excluding hydrogens is 326 g/mol. The zero-order valence-corrected chi connectivity index (χ0v) is 16.4. The Morgan fingerprint density at radius 3 is 2.69 bits per heavy atom. The fourth-order valence-corrected chi connectivity index (χ4v) is 2.89. The van der Waals surface area contributed by atoms with Crippen LogP contribution in [-0.2, 0) is 13.0 Å². The average Bonchev–Trinajstić information content (AvgIpc) is 3.05. The largest absolute Gasteiger partial charge is 0.496 e. The summed E-state index contributed by atoms with van der Waals surface area (Å²) in [6.45, 7) is 6.86. The molecule has 0 aliphatic heterocycles. The van der Waals surface area contributed by atoms with Gasteiger partial charge in [-0.15, -0.1) is 0 Å². The summed E-state index contributed by atoms with van der Waals surface area (Å²) in [7, 11) is 3.52. The van der Waals surface area contributed by atoms with E-state index in [4.69, 9.17) is 4.74 Å². The number of unbranched alkanes of at least 4 members (excludes halogenated alkanes) is 1. The van der Waals surface area contributed by atoms with Crippen molar-refractivity contribution in [1.29, 1.82) is 0 Å². The molecule has 142 valence electrons. The van der Waals surface area contributed by atoms with Crippen LogP contribution < -0.4 is 15.4 Å². The molecule has 1 aromatic carbocycles. The van der Waals surface area contributed by atoms with Crippen molar-refractivity contribution in [3.05, 3.63) is 47.5 Å². The van der Waals surface area contributed by atoms with Crippen molar-refractivity contribution >= 4 is 5.96 Å². The van der Waals surface area contributed by atoms with E-state index in [1.165, 1.54) is 11.1 Å². The van der Waals surface area contributed by atoms with E-state index in [2.05, 4.69) is 44.2 Å². The molecule has 1 aromatic heterocycles. The summed E-state index contributed by atoms with van der Waals surface area (Å²) in [5.74, 6) is 2.85. The smallest absolute Gasteiger partial charge is 0.190 e. The van der Waals surface area contributed by atoms with E-state index < -0.39 is 0 Å². The van der Waals surface area contributed by atoms with Gasteiger partial charge in [-0.05, 0) is 44.7 Å². The predicted molar refractivity (Wildman–Crippen MR) is 107 cm³/mol. The zero-order chi connectivity index (χ0) is 18.8. The summed E-state index contributed by atoms with van der Waals surface area (Å²) in [5.41, 5.74) is 2.46. The minimum absolute atomic E-state index is 0.813. The van der Waals surface area contributed by atoms with Crippen molar-refractivity contribution in [3.63, 3.8) is 0 Å². The number of rotatable bonds is 9. The third-order valence-corrected chi connectivity index (χ3v) is 4.39. The Balaban J connectivity index is 1.66. The van der Waals surface area contributed by atoms with Gasteiger partial charge in [-0.1, -0.05) is 17.7 Å². The summed E-state index contributed by atoms with van der Waals surface area (Å²) in [5, 5.41) is 6.74. The van der Waals surface area contributed by atoms with Crippen molar-refractivity contribution < 1.29 is 4.74 Å². The molecule has 0 spiro atoms. The fraction of sp³-hybridized carbons (Fsp3) is 0.500.